The van der Waals surface area contributed by atoms with Gasteiger partial charge in [-0.15, -0.1) is 0 Å². The second-order valence-electron chi connectivity index (χ2n) is 5.19. The van der Waals surface area contributed by atoms with Crippen molar-refractivity contribution in [1.82, 2.24) is 10.6 Å². The summed E-state index contributed by atoms with van der Waals surface area (Å²) in [5.41, 5.74) is 1.30. The number of rotatable bonds is 6. The zero-order valence-electron chi connectivity index (χ0n) is 11.5. The lowest BCUT2D eigenvalue weighted by Crippen LogP contribution is -2.41. The fourth-order valence-electron chi connectivity index (χ4n) is 1.93. The number of hydrogen-bond donors (Lipinski definition) is 3. The second-order valence-corrected chi connectivity index (χ2v) is 5.19. The van der Waals surface area contributed by atoms with E-state index in [4.69, 9.17) is 0 Å². The molecule has 0 heterocycles. The molecule has 4 nitrogen and oxygen atoms in total. The van der Waals surface area contributed by atoms with Gasteiger partial charge in [-0.25, -0.2) is 4.99 Å². The quantitative estimate of drug-likeness (QED) is 0.537. The molecule has 0 saturated heterocycles. The number of nitrogens with zero attached hydrogens (tertiary/aromatic N) is 1. The van der Waals surface area contributed by atoms with Gasteiger partial charge in [-0.3, -0.25) is 0 Å². The Morgan fingerprint density at radius 2 is 2.00 bits per heavy atom. The molecule has 0 unspecified atom stereocenters. The predicted molar refractivity (Wildman–Crippen MR) is 78.0 cm³/mol. The van der Waals surface area contributed by atoms with Gasteiger partial charge in [-0.05, 0) is 25.3 Å². The Morgan fingerprint density at radius 1 is 1.26 bits per heavy atom. The molecule has 1 saturated carbocycles. The van der Waals surface area contributed by atoms with Gasteiger partial charge in [-0.1, -0.05) is 30.3 Å². The maximum Gasteiger partial charge on any atom is 0.191 e. The van der Waals surface area contributed by atoms with Crippen LogP contribution in [0.3, 0.4) is 0 Å². The van der Waals surface area contributed by atoms with Crippen molar-refractivity contribution in [2.75, 3.05) is 19.7 Å². The van der Waals surface area contributed by atoms with Crippen LogP contribution in [0, 0.1) is 5.41 Å². The molecule has 1 aromatic rings. The molecular weight excluding hydrogens is 238 g/mol. The minimum atomic E-state index is 0.100. The summed E-state index contributed by atoms with van der Waals surface area (Å²) in [6.45, 7) is 4.62. The molecule has 0 radical (unpaired) electrons. The number of aliphatic imine (C=N–C) groups is 1. The van der Waals surface area contributed by atoms with Crippen molar-refractivity contribution in [3.63, 3.8) is 0 Å². The van der Waals surface area contributed by atoms with E-state index < -0.39 is 0 Å². The Labute approximate surface area is 114 Å². The first-order chi connectivity index (χ1) is 9.28. The number of guanidine groups is 1. The third-order valence-corrected chi connectivity index (χ3v) is 3.53. The highest BCUT2D eigenvalue weighted by atomic mass is 16.3. The largest absolute Gasteiger partial charge is 0.396 e. The van der Waals surface area contributed by atoms with E-state index in [1.54, 1.807) is 0 Å². The zero-order chi connectivity index (χ0) is 13.6. The average molecular weight is 261 g/mol. The topological polar surface area (TPSA) is 56.7 Å². The van der Waals surface area contributed by atoms with Gasteiger partial charge in [0.2, 0.25) is 0 Å². The molecule has 3 N–H and O–H groups in total. The summed E-state index contributed by atoms with van der Waals surface area (Å²) in [5.74, 6) is 0.825. The molecule has 0 aromatic heterocycles. The molecule has 0 spiro atoms. The first-order valence-corrected chi connectivity index (χ1v) is 6.95. The average Bonchev–Trinajstić information content (AvgIpc) is 3.24. The van der Waals surface area contributed by atoms with E-state index in [1.165, 1.54) is 5.56 Å². The zero-order valence-corrected chi connectivity index (χ0v) is 11.5. The van der Waals surface area contributed by atoms with Crippen molar-refractivity contribution >= 4 is 5.96 Å². The Hall–Kier alpha value is -1.55. The van der Waals surface area contributed by atoms with Crippen LogP contribution < -0.4 is 10.6 Å². The summed E-state index contributed by atoms with van der Waals surface area (Å²) in [6, 6.07) is 10.2. The molecule has 2 rings (SSSR count). The van der Waals surface area contributed by atoms with Crippen LogP contribution in [0.15, 0.2) is 35.3 Å². The Morgan fingerprint density at radius 3 is 2.58 bits per heavy atom. The highest BCUT2D eigenvalue weighted by molar-refractivity contribution is 5.79. The van der Waals surface area contributed by atoms with Crippen LogP contribution >= 0.6 is 0 Å². The van der Waals surface area contributed by atoms with Crippen molar-refractivity contribution < 1.29 is 5.11 Å². The van der Waals surface area contributed by atoms with Crippen molar-refractivity contribution in [2.45, 2.75) is 26.3 Å². The third kappa shape index (κ3) is 4.24. The van der Waals surface area contributed by atoms with Crippen molar-refractivity contribution in [2.24, 2.45) is 10.4 Å². The first kappa shape index (κ1) is 13.9. The van der Waals surface area contributed by atoms with Gasteiger partial charge < -0.3 is 15.7 Å². The van der Waals surface area contributed by atoms with Gasteiger partial charge in [0.25, 0.3) is 0 Å². The summed E-state index contributed by atoms with van der Waals surface area (Å²) in [7, 11) is 0. The van der Waals surface area contributed by atoms with E-state index >= 15 is 0 Å². The minimum Gasteiger partial charge on any atom is -0.396 e. The van der Waals surface area contributed by atoms with Gasteiger partial charge in [0.1, 0.15) is 0 Å². The Bertz CT molecular complexity index is 413. The van der Waals surface area contributed by atoms with Gasteiger partial charge in [0, 0.05) is 18.5 Å². The maximum atomic E-state index is 9.31. The molecule has 19 heavy (non-hydrogen) atoms. The summed E-state index contributed by atoms with van der Waals surface area (Å²) in [6.07, 6.45) is 2.21. The lowest BCUT2D eigenvalue weighted by Gasteiger charge is -2.16. The number of hydrogen-bond acceptors (Lipinski definition) is 2. The molecule has 1 aliphatic rings. The number of aliphatic hydroxyl groups excluding tert-OH is 1. The van der Waals surface area contributed by atoms with Gasteiger partial charge in [0.05, 0.1) is 13.2 Å². The highest BCUT2D eigenvalue weighted by Crippen LogP contribution is 2.44. The highest BCUT2D eigenvalue weighted by Gasteiger charge is 2.41. The van der Waals surface area contributed by atoms with Gasteiger partial charge in [0.15, 0.2) is 5.96 Å². The number of aliphatic hydroxyl groups is 1. The van der Waals surface area contributed by atoms with E-state index in [-0.39, 0.29) is 12.0 Å². The minimum absolute atomic E-state index is 0.100. The predicted octanol–water partition coefficient (Wildman–Crippen LogP) is 1.51. The van der Waals surface area contributed by atoms with Crippen molar-refractivity contribution in [3.8, 4) is 0 Å². The van der Waals surface area contributed by atoms with Gasteiger partial charge in [-0.2, -0.15) is 0 Å². The van der Waals surface area contributed by atoms with E-state index in [9.17, 15) is 5.11 Å². The van der Waals surface area contributed by atoms with E-state index in [0.29, 0.717) is 6.54 Å². The maximum absolute atomic E-state index is 9.31. The van der Waals surface area contributed by atoms with Crippen LogP contribution in [-0.4, -0.2) is 30.8 Å². The van der Waals surface area contributed by atoms with Crippen LogP contribution in [-0.2, 0) is 6.54 Å². The van der Waals surface area contributed by atoms with Crippen LogP contribution in [0.1, 0.15) is 25.3 Å². The van der Waals surface area contributed by atoms with Gasteiger partial charge >= 0.3 is 0 Å². The molecular formula is C15H23N3O. The lowest BCUT2D eigenvalue weighted by molar-refractivity contribution is 0.212. The van der Waals surface area contributed by atoms with E-state index in [1.807, 2.05) is 18.2 Å². The monoisotopic (exact) mass is 261 g/mol. The third-order valence-electron chi connectivity index (χ3n) is 3.53. The molecule has 1 fully saturated rings. The molecule has 0 atom stereocenters. The summed E-state index contributed by atoms with van der Waals surface area (Å²) in [4.78, 5) is 4.56. The molecule has 0 amide bonds. The Balaban J connectivity index is 1.87. The van der Waals surface area contributed by atoms with Crippen LogP contribution in [0.25, 0.3) is 0 Å². The lowest BCUT2D eigenvalue weighted by atomic mass is 10.1. The first-order valence-electron chi connectivity index (χ1n) is 6.95. The SMILES string of the molecule is CCNC(=NCc1ccccc1)NCC1(CO)CC1. The second kappa shape index (κ2) is 6.57. The van der Waals surface area contributed by atoms with E-state index in [2.05, 4.69) is 34.7 Å². The van der Waals surface area contributed by atoms with Crippen LogP contribution in [0.4, 0.5) is 0 Å². The van der Waals surface area contributed by atoms with E-state index in [0.717, 1.165) is 31.9 Å². The normalized spacial score (nSPS) is 17.1. The smallest absolute Gasteiger partial charge is 0.191 e. The van der Waals surface area contributed by atoms with Crippen molar-refractivity contribution in [1.29, 1.82) is 0 Å². The Kier molecular flexibility index (Phi) is 4.80. The molecule has 0 aliphatic heterocycles. The summed E-state index contributed by atoms with van der Waals surface area (Å²) >= 11 is 0. The molecule has 4 heteroatoms. The summed E-state index contributed by atoms with van der Waals surface area (Å²) in [5, 5.41) is 15.9. The fraction of sp³-hybridized carbons (Fsp3) is 0.533. The van der Waals surface area contributed by atoms with Crippen LogP contribution in [0.2, 0.25) is 0 Å². The van der Waals surface area contributed by atoms with Crippen LogP contribution in [0.5, 0.6) is 0 Å². The molecule has 1 aromatic carbocycles. The summed E-state index contributed by atoms with van der Waals surface area (Å²) < 4.78 is 0. The fourth-order valence-corrected chi connectivity index (χ4v) is 1.93. The number of benzene rings is 1. The standard InChI is InChI=1S/C15H23N3O/c1-2-16-14(18-11-15(12-19)8-9-15)17-10-13-6-4-3-5-7-13/h3-7,19H,2,8-12H2,1H3,(H2,16,17,18). The van der Waals surface area contributed by atoms with Crippen molar-refractivity contribution in [3.05, 3.63) is 35.9 Å². The molecule has 1 aliphatic carbocycles. The molecule has 0 bridgehead atoms. The number of nitrogens with one attached hydrogen (secondary N) is 2. The molecule has 104 valence electrons.